The lowest BCUT2D eigenvalue weighted by molar-refractivity contribution is -0.126. The van der Waals surface area contributed by atoms with Gasteiger partial charge in [-0.15, -0.1) is 11.3 Å². The van der Waals surface area contributed by atoms with Gasteiger partial charge in [-0.1, -0.05) is 43.3 Å². The van der Waals surface area contributed by atoms with Crippen LogP contribution in [0.3, 0.4) is 0 Å². The zero-order valence-corrected chi connectivity index (χ0v) is 17.5. The Morgan fingerprint density at radius 1 is 1.00 bits per heavy atom. The van der Waals surface area contributed by atoms with Crippen molar-refractivity contribution in [2.75, 3.05) is 13.1 Å². The third kappa shape index (κ3) is 4.35. The Balaban J connectivity index is 1.33. The summed E-state index contributed by atoms with van der Waals surface area (Å²) in [7, 11) is 0. The number of fused-ring (bicyclic) bond motifs is 1. The second-order valence-corrected chi connectivity index (χ2v) is 8.79. The largest absolute Gasteiger partial charge is 0.351 e. The number of benzene rings is 2. The SMILES string of the molecule is CCc1ccc(CNC(=O)C2CCN(C(=O)c3cccc4ccccc34)CC2)s1. The van der Waals surface area contributed by atoms with E-state index in [4.69, 9.17) is 0 Å². The van der Waals surface area contributed by atoms with E-state index in [1.54, 1.807) is 11.3 Å². The average molecular weight is 407 g/mol. The monoisotopic (exact) mass is 406 g/mol. The maximum atomic E-state index is 13.1. The summed E-state index contributed by atoms with van der Waals surface area (Å²) in [6, 6.07) is 18.1. The van der Waals surface area contributed by atoms with Crippen molar-refractivity contribution in [1.82, 2.24) is 10.2 Å². The maximum Gasteiger partial charge on any atom is 0.254 e. The minimum atomic E-state index is -0.0165. The molecule has 0 radical (unpaired) electrons. The molecule has 3 aromatic rings. The summed E-state index contributed by atoms with van der Waals surface area (Å²) >= 11 is 1.76. The Labute approximate surface area is 175 Å². The highest BCUT2D eigenvalue weighted by molar-refractivity contribution is 7.11. The normalized spacial score (nSPS) is 14.9. The molecule has 1 N–H and O–H groups in total. The van der Waals surface area contributed by atoms with Crippen LogP contribution >= 0.6 is 11.3 Å². The number of hydrogen-bond acceptors (Lipinski definition) is 3. The number of nitrogens with one attached hydrogen (secondary N) is 1. The maximum absolute atomic E-state index is 13.1. The molecule has 1 fully saturated rings. The fraction of sp³-hybridized carbons (Fsp3) is 0.333. The van der Waals surface area contributed by atoms with Crippen LogP contribution in [-0.2, 0) is 17.8 Å². The van der Waals surface area contributed by atoms with Crippen molar-refractivity contribution in [2.24, 2.45) is 5.92 Å². The number of carbonyl (C=O) groups excluding carboxylic acids is 2. The minimum Gasteiger partial charge on any atom is -0.351 e. The smallest absolute Gasteiger partial charge is 0.254 e. The predicted octanol–water partition coefficient (Wildman–Crippen LogP) is 4.63. The summed E-state index contributed by atoms with van der Waals surface area (Å²) in [6.07, 6.45) is 2.46. The molecule has 0 aliphatic carbocycles. The Hall–Kier alpha value is -2.66. The summed E-state index contributed by atoms with van der Waals surface area (Å²) < 4.78 is 0. The van der Waals surface area contributed by atoms with Gasteiger partial charge in [-0.3, -0.25) is 9.59 Å². The molecule has 1 aliphatic heterocycles. The standard InChI is InChI=1S/C24H26N2O2S/c1-2-19-10-11-20(29-19)16-25-23(27)18-12-14-26(15-13-18)24(28)22-9-5-7-17-6-3-4-8-21(17)22/h3-11,18H,2,12-16H2,1H3,(H,25,27). The van der Waals surface area contributed by atoms with Gasteiger partial charge < -0.3 is 10.2 Å². The molecular weight excluding hydrogens is 380 g/mol. The van der Waals surface area contributed by atoms with E-state index < -0.39 is 0 Å². The van der Waals surface area contributed by atoms with E-state index in [1.165, 1.54) is 9.75 Å². The molecule has 2 amide bonds. The summed E-state index contributed by atoms with van der Waals surface area (Å²) in [5.74, 6) is 0.150. The number of carbonyl (C=O) groups is 2. The molecule has 2 heterocycles. The van der Waals surface area contributed by atoms with Crippen molar-refractivity contribution in [1.29, 1.82) is 0 Å². The van der Waals surface area contributed by atoms with Crippen LogP contribution in [0.2, 0.25) is 0 Å². The Morgan fingerprint density at radius 2 is 1.72 bits per heavy atom. The van der Waals surface area contributed by atoms with Crippen LogP contribution in [0.15, 0.2) is 54.6 Å². The molecule has 0 saturated carbocycles. The van der Waals surface area contributed by atoms with E-state index in [9.17, 15) is 9.59 Å². The molecule has 1 aliphatic rings. The van der Waals surface area contributed by atoms with Gasteiger partial charge in [0.25, 0.3) is 5.91 Å². The van der Waals surface area contributed by atoms with Crippen LogP contribution in [0, 0.1) is 5.92 Å². The highest BCUT2D eigenvalue weighted by Crippen LogP contribution is 2.24. The number of hydrogen-bond donors (Lipinski definition) is 1. The summed E-state index contributed by atoms with van der Waals surface area (Å²) in [5, 5.41) is 5.14. The van der Waals surface area contributed by atoms with Gasteiger partial charge >= 0.3 is 0 Å². The highest BCUT2D eigenvalue weighted by Gasteiger charge is 2.28. The van der Waals surface area contributed by atoms with Gasteiger partial charge in [0.1, 0.15) is 0 Å². The van der Waals surface area contributed by atoms with E-state index in [0.29, 0.717) is 32.5 Å². The Bertz CT molecular complexity index is 1010. The lowest BCUT2D eigenvalue weighted by atomic mass is 9.95. The van der Waals surface area contributed by atoms with Gasteiger partial charge in [0, 0.05) is 34.3 Å². The van der Waals surface area contributed by atoms with Gasteiger partial charge in [0.2, 0.25) is 5.91 Å². The second kappa shape index (κ2) is 8.78. The lowest BCUT2D eigenvalue weighted by Crippen LogP contribution is -2.42. The van der Waals surface area contributed by atoms with E-state index in [-0.39, 0.29) is 17.7 Å². The van der Waals surface area contributed by atoms with Crippen molar-refractivity contribution in [2.45, 2.75) is 32.7 Å². The van der Waals surface area contributed by atoms with Crippen LogP contribution in [0.1, 0.15) is 39.9 Å². The van der Waals surface area contributed by atoms with E-state index in [0.717, 1.165) is 22.8 Å². The van der Waals surface area contributed by atoms with Crippen LogP contribution in [0.5, 0.6) is 0 Å². The number of amides is 2. The van der Waals surface area contributed by atoms with Gasteiger partial charge in [-0.05, 0) is 48.2 Å². The molecule has 5 heteroatoms. The van der Waals surface area contributed by atoms with Crippen molar-refractivity contribution in [3.8, 4) is 0 Å². The van der Waals surface area contributed by atoms with E-state index in [1.807, 2.05) is 47.4 Å². The third-order valence-electron chi connectivity index (χ3n) is 5.68. The molecule has 0 spiro atoms. The summed E-state index contributed by atoms with van der Waals surface area (Å²) in [5.41, 5.74) is 0.746. The Kier molecular flexibility index (Phi) is 5.95. The second-order valence-electron chi connectivity index (χ2n) is 7.53. The molecule has 0 unspecified atom stereocenters. The first kappa shape index (κ1) is 19.6. The van der Waals surface area contributed by atoms with Crippen LogP contribution in [-0.4, -0.2) is 29.8 Å². The molecule has 4 rings (SSSR count). The first-order valence-electron chi connectivity index (χ1n) is 10.3. The number of piperidine rings is 1. The molecule has 29 heavy (non-hydrogen) atoms. The number of nitrogens with zero attached hydrogens (tertiary/aromatic N) is 1. The molecule has 1 saturated heterocycles. The number of aryl methyl sites for hydroxylation is 1. The topological polar surface area (TPSA) is 49.4 Å². The van der Waals surface area contributed by atoms with Crippen molar-refractivity contribution < 1.29 is 9.59 Å². The number of likely N-dealkylation sites (tertiary alicyclic amines) is 1. The minimum absolute atomic E-state index is 0.0165. The molecular formula is C24H26N2O2S. The lowest BCUT2D eigenvalue weighted by Gasteiger charge is -2.31. The number of rotatable bonds is 5. The van der Waals surface area contributed by atoms with Crippen molar-refractivity contribution in [3.05, 3.63) is 69.9 Å². The molecule has 2 aromatic carbocycles. The molecule has 0 atom stereocenters. The summed E-state index contributed by atoms with van der Waals surface area (Å²) in [4.78, 5) is 30.0. The van der Waals surface area contributed by atoms with E-state index in [2.05, 4.69) is 24.4 Å². The molecule has 1 aromatic heterocycles. The molecule has 4 nitrogen and oxygen atoms in total. The van der Waals surface area contributed by atoms with Crippen LogP contribution in [0.25, 0.3) is 10.8 Å². The van der Waals surface area contributed by atoms with Crippen molar-refractivity contribution in [3.63, 3.8) is 0 Å². The van der Waals surface area contributed by atoms with E-state index >= 15 is 0 Å². The van der Waals surface area contributed by atoms with Crippen molar-refractivity contribution >= 4 is 33.9 Å². The van der Waals surface area contributed by atoms with Crippen LogP contribution in [0.4, 0.5) is 0 Å². The first-order valence-corrected chi connectivity index (χ1v) is 11.1. The van der Waals surface area contributed by atoms with Gasteiger partial charge in [0.05, 0.1) is 6.54 Å². The Morgan fingerprint density at radius 3 is 2.48 bits per heavy atom. The first-order chi connectivity index (χ1) is 14.2. The summed E-state index contributed by atoms with van der Waals surface area (Å²) in [6.45, 7) is 3.98. The zero-order valence-electron chi connectivity index (χ0n) is 16.7. The number of thiophene rings is 1. The molecule has 0 bridgehead atoms. The van der Waals surface area contributed by atoms with Gasteiger partial charge in [-0.2, -0.15) is 0 Å². The quantitative estimate of drug-likeness (QED) is 0.671. The average Bonchev–Trinajstić information content (AvgIpc) is 3.25. The third-order valence-corrected chi connectivity index (χ3v) is 6.91. The fourth-order valence-corrected chi connectivity index (χ4v) is 4.85. The predicted molar refractivity (Wildman–Crippen MR) is 118 cm³/mol. The highest BCUT2D eigenvalue weighted by atomic mass is 32.1. The fourth-order valence-electron chi connectivity index (χ4n) is 3.95. The zero-order chi connectivity index (χ0) is 20.2. The van der Waals surface area contributed by atoms with Crippen LogP contribution < -0.4 is 5.32 Å². The van der Waals surface area contributed by atoms with Gasteiger partial charge in [-0.25, -0.2) is 0 Å². The van der Waals surface area contributed by atoms with Gasteiger partial charge in [0.15, 0.2) is 0 Å². The molecule has 150 valence electrons.